The van der Waals surface area contributed by atoms with Gasteiger partial charge in [0.25, 0.3) is 0 Å². The van der Waals surface area contributed by atoms with E-state index >= 15 is 0 Å². The molecule has 2 heterocycles. The van der Waals surface area contributed by atoms with Gasteiger partial charge in [-0.15, -0.1) is 11.3 Å². The van der Waals surface area contributed by atoms with Crippen LogP contribution in [0.15, 0.2) is 6.20 Å². The molecular formula is C7H9ClN2OS. The molecule has 1 atom stereocenters. The van der Waals surface area contributed by atoms with Crippen LogP contribution in [0.3, 0.4) is 0 Å². The molecule has 1 unspecified atom stereocenters. The number of morpholine rings is 1. The van der Waals surface area contributed by atoms with E-state index in [1.807, 2.05) is 0 Å². The van der Waals surface area contributed by atoms with Crippen molar-refractivity contribution in [1.82, 2.24) is 10.3 Å². The first-order chi connectivity index (χ1) is 5.86. The van der Waals surface area contributed by atoms with Crippen molar-refractivity contribution in [2.75, 3.05) is 19.8 Å². The van der Waals surface area contributed by atoms with E-state index in [1.165, 1.54) is 11.3 Å². The minimum atomic E-state index is 0.281. The van der Waals surface area contributed by atoms with Crippen LogP contribution in [0.2, 0.25) is 4.47 Å². The Morgan fingerprint density at radius 1 is 1.75 bits per heavy atom. The molecule has 1 saturated heterocycles. The van der Waals surface area contributed by atoms with Crippen molar-refractivity contribution in [2.45, 2.75) is 6.04 Å². The molecule has 5 heteroatoms. The molecule has 0 amide bonds. The summed E-state index contributed by atoms with van der Waals surface area (Å²) in [6.07, 6.45) is 1.80. The third-order valence-electron chi connectivity index (χ3n) is 1.76. The molecular weight excluding hydrogens is 196 g/mol. The van der Waals surface area contributed by atoms with Crippen LogP contribution in [0.25, 0.3) is 0 Å². The number of nitrogens with zero attached hydrogens (tertiary/aromatic N) is 1. The molecule has 3 nitrogen and oxygen atoms in total. The molecule has 1 aliphatic rings. The van der Waals surface area contributed by atoms with Crippen molar-refractivity contribution < 1.29 is 4.74 Å². The summed E-state index contributed by atoms with van der Waals surface area (Å²) in [5.41, 5.74) is 0. The Balaban J connectivity index is 2.08. The number of hydrogen-bond acceptors (Lipinski definition) is 4. The summed E-state index contributed by atoms with van der Waals surface area (Å²) in [5, 5.41) is 3.34. The van der Waals surface area contributed by atoms with Crippen LogP contribution in [0.5, 0.6) is 0 Å². The Hall–Kier alpha value is -0.160. The van der Waals surface area contributed by atoms with Crippen molar-refractivity contribution in [2.24, 2.45) is 0 Å². The molecule has 1 aromatic heterocycles. The molecule has 0 aliphatic carbocycles. The maximum Gasteiger partial charge on any atom is 0.183 e. The number of ether oxygens (including phenoxy) is 1. The molecule has 12 heavy (non-hydrogen) atoms. The third-order valence-corrected chi connectivity index (χ3v) is 2.99. The van der Waals surface area contributed by atoms with Crippen LogP contribution >= 0.6 is 22.9 Å². The van der Waals surface area contributed by atoms with Gasteiger partial charge in [0, 0.05) is 17.6 Å². The second-order valence-electron chi connectivity index (χ2n) is 2.60. The summed E-state index contributed by atoms with van der Waals surface area (Å²) in [6, 6.07) is 0.281. The van der Waals surface area contributed by atoms with Gasteiger partial charge in [-0.2, -0.15) is 0 Å². The van der Waals surface area contributed by atoms with E-state index in [2.05, 4.69) is 10.3 Å². The van der Waals surface area contributed by atoms with Gasteiger partial charge < -0.3 is 10.1 Å². The quantitative estimate of drug-likeness (QED) is 0.752. The van der Waals surface area contributed by atoms with E-state index in [9.17, 15) is 0 Å². The van der Waals surface area contributed by atoms with E-state index in [0.717, 1.165) is 24.6 Å². The summed E-state index contributed by atoms with van der Waals surface area (Å²) in [6.45, 7) is 2.42. The summed E-state index contributed by atoms with van der Waals surface area (Å²) < 4.78 is 5.91. The molecule has 1 aliphatic heterocycles. The highest BCUT2D eigenvalue weighted by atomic mass is 35.5. The fourth-order valence-corrected chi connectivity index (χ4v) is 2.19. The summed E-state index contributed by atoms with van der Waals surface area (Å²) in [5.74, 6) is 0. The number of halogens is 1. The highest BCUT2D eigenvalue weighted by Crippen LogP contribution is 2.25. The highest BCUT2D eigenvalue weighted by Gasteiger charge is 2.17. The molecule has 0 saturated carbocycles. The average Bonchev–Trinajstić information content (AvgIpc) is 2.54. The van der Waals surface area contributed by atoms with Crippen LogP contribution < -0.4 is 5.32 Å². The first-order valence-corrected chi connectivity index (χ1v) is 4.98. The summed E-state index contributed by atoms with van der Waals surface area (Å²) in [4.78, 5) is 5.13. The summed E-state index contributed by atoms with van der Waals surface area (Å²) in [7, 11) is 0. The van der Waals surface area contributed by atoms with Gasteiger partial charge in [-0.25, -0.2) is 4.98 Å². The monoisotopic (exact) mass is 204 g/mol. The van der Waals surface area contributed by atoms with Gasteiger partial charge >= 0.3 is 0 Å². The standard InChI is InChI=1S/C7H9ClN2OS/c8-7-10-3-6(12-7)5-4-11-2-1-9-5/h3,5,9H,1-2,4H2. The van der Waals surface area contributed by atoms with E-state index in [1.54, 1.807) is 6.20 Å². The fourth-order valence-electron chi connectivity index (χ4n) is 1.17. The lowest BCUT2D eigenvalue weighted by Gasteiger charge is -2.22. The van der Waals surface area contributed by atoms with Gasteiger partial charge in [0.05, 0.1) is 19.3 Å². The molecule has 2 rings (SSSR count). The Morgan fingerprint density at radius 3 is 3.25 bits per heavy atom. The van der Waals surface area contributed by atoms with Gasteiger partial charge in [-0.1, -0.05) is 11.6 Å². The molecule has 0 spiro atoms. The number of aromatic nitrogens is 1. The molecule has 0 radical (unpaired) electrons. The smallest absolute Gasteiger partial charge is 0.183 e. The maximum atomic E-state index is 5.72. The Morgan fingerprint density at radius 2 is 2.67 bits per heavy atom. The zero-order valence-corrected chi connectivity index (χ0v) is 7.99. The number of rotatable bonds is 1. The van der Waals surface area contributed by atoms with E-state index in [0.29, 0.717) is 4.47 Å². The zero-order valence-electron chi connectivity index (χ0n) is 6.42. The topological polar surface area (TPSA) is 34.1 Å². The minimum Gasteiger partial charge on any atom is -0.378 e. The fraction of sp³-hybridized carbons (Fsp3) is 0.571. The van der Waals surface area contributed by atoms with Gasteiger partial charge in [-0.05, 0) is 0 Å². The lowest BCUT2D eigenvalue weighted by atomic mass is 10.2. The van der Waals surface area contributed by atoms with E-state index in [4.69, 9.17) is 16.3 Å². The molecule has 1 aromatic rings. The predicted molar refractivity (Wildman–Crippen MR) is 48.7 cm³/mol. The normalized spacial score (nSPS) is 24.2. The van der Waals surface area contributed by atoms with Crippen molar-refractivity contribution >= 4 is 22.9 Å². The van der Waals surface area contributed by atoms with Crippen molar-refractivity contribution in [1.29, 1.82) is 0 Å². The zero-order chi connectivity index (χ0) is 8.39. The third kappa shape index (κ3) is 1.77. The van der Waals surface area contributed by atoms with Crippen molar-refractivity contribution in [3.8, 4) is 0 Å². The van der Waals surface area contributed by atoms with E-state index in [-0.39, 0.29) is 6.04 Å². The molecule has 0 aromatic carbocycles. The van der Waals surface area contributed by atoms with Crippen LogP contribution in [-0.4, -0.2) is 24.7 Å². The second-order valence-corrected chi connectivity index (χ2v) is 4.24. The number of thiazole rings is 1. The Kier molecular flexibility index (Phi) is 2.60. The van der Waals surface area contributed by atoms with E-state index < -0.39 is 0 Å². The van der Waals surface area contributed by atoms with Crippen LogP contribution in [-0.2, 0) is 4.74 Å². The van der Waals surface area contributed by atoms with Crippen LogP contribution in [0.1, 0.15) is 10.9 Å². The Bertz CT molecular complexity index is 260. The summed E-state index contributed by atoms with van der Waals surface area (Å²) >= 11 is 7.22. The lowest BCUT2D eigenvalue weighted by Crippen LogP contribution is -2.33. The van der Waals surface area contributed by atoms with Crippen molar-refractivity contribution in [3.63, 3.8) is 0 Å². The molecule has 66 valence electrons. The number of hydrogen-bond donors (Lipinski definition) is 1. The lowest BCUT2D eigenvalue weighted by molar-refractivity contribution is 0.0778. The van der Waals surface area contributed by atoms with Crippen LogP contribution in [0.4, 0.5) is 0 Å². The first kappa shape index (κ1) is 8.44. The average molecular weight is 205 g/mol. The van der Waals surface area contributed by atoms with Gasteiger partial charge in [-0.3, -0.25) is 0 Å². The maximum absolute atomic E-state index is 5.72. The predicted octanol–water partition coefficient (Wildman–Crippen LogP) is 1.46. The Labute approximate surface area is 79.7 Å². The van der Waals surface area contributed by atoms with Crippen molar-refractivity contribution in [3.05, 3.63) is 15.5 Å². The number of nitrogens with one attached hydrogen (secondary N) is 1. The second kappa shape index (κ2) is 3.70. The molecule has 0 bridgehead atoms. The van der Waals surface area contributed by atoms with Gasteiger partial charge in [0.1, 0.15) is 0 Å². The molecule has 1 fully saturated rings. The largest absolute Gasteiger partial charge is 0.378 e. The van der Waals surface area contributed by atoms with Crippen LogP contribution in [0, 0.1) is 0 Å². The molecule has 1 N–H and O–H groups in total. The minimum absolute atomic E-state index is 0.281. The van der Waals surface area contributed by atoms with Gasteiger partial charge in [0.15, 0.2) is 4.47 Å². The first-order valence-electron chi connectivity index (χ1n) is 3.78. The van der Waals surface area contributed by atoms with Gasteiger partial charge in [0.2, 0.25) is 0 Å². The SMILES string of the molecule is Clc1ncc(C2COCCN2)s1. The highest BCUT2D eigenvalue weighted by molar-refractivity contribution is 7.15.